The van der Waals surface area contributed by atoms with E-state index in [4.69, 9.17) is 0 Å². The van der Waals surface area contributed by atoms with E-state index in [9.17, 15) is 22.9 Å². The number of rotatable bonds is 3. The maximum atomic E-state index is 13.3. The number of benzene rings is 1. The van der Waals surface area contributed by atoms with Gasteiger partial charge in [0.25, 0.3) is 0 Å². The van der Waals surface area contributed by atoms with Gasteiger partial charge in [-0.05, 0) is 31.9 Å². The number of sulfonamides is 1. The summed E-state index contributed by atoms with van der Waals surface area (Å²) in [6.45, 7) is 2.18. The van der Waals surface area contributed by atoms with E-state index in [0.29, 0.717) is 6.54 Å². The molecular weight excluding hydrogens is 287 g/mol. The first-order valence-electron chi connectivity index (χ1n) is 6.30. The van der Waals surface area contributed by atoms with E-state index in [1.165, 1.54) is 4.31 Å². The summed E-state index contributed by atoms with van der Waals surface area (Å²) < 4.78 is 39.5. The van der Waals surface area contributed by atoms with Gasteiger partial charge in [-0.1, -0.05) is 6.42 Å². The SMILES string of the molecule is C[C@@H]1CCCCN1S(=O)(=O)c1ccc(F)c([N+](=O)[O-])c1. The van der Waals surface area contributed by atoms with Crippen molar-refractivity contribution >= 4 is 15.7 Å². The van der Waals surface area contributed by atoms with E-state index in [1.807, 2.05) is 0 Å². The van der Waals surface area contributed by atoms with Crippen LogP contribution < -0.4 is 0 Å². The zero-order valence-electron chi connectivity index (χ0n) is 11.0. The number of hydrogen-bond acceptors (Lipinski definition) is 4. The lowest BCUT2D eigenvalue weighted by Crippen LogP contribution is -2.41. The molecule has 1 aromatic rings. The Bertz CT molecular complexity index is 632. The standard InChI is InChI=1S/C12H15FN2O4S/c1-9-4-2-3-7-14(9)20(18,19)10-5-6-11(13)12(8-10)15(16)17/h5-6,8-9H,2-4,7H2,1H3/t9-/m1/s1. The van der Waals surface area contributed by atoms with Gasteiger partial charge in [0, 0.05) is 18.7 Å². The third-order valence-corrected chi connectivity index (χ3v) is 5.47. The van der Waals surface area contributed by atoms with Crippen molar-refractivity contribution in [1.29, 1.82) is 0 Å². The minimum atomic E-state index is -3.82. The van der Waals surface area contributed by atoms with Crippen LogP contribution in [0, 0.1) is 15.9 Å². The molecule has 1 aliphatic heterocycles. The molecule has 2 rings (SSSR count). The maximum absolute atomic E-state index is 13.3. The first-order valence-corrected chi connectivity index (χ1v) is 7.74. The van der Waals surface area contributed by atoms with E-state index in [-0.39, 0.29) is 10.9 Å². The average Bonchev–Trinajstić information content (AvgIpc) is 2.38. The molecule has 20 heavy (non-hydrogen) atoms. The molecule has 1 aromatic carbocycles. The van der Waals surface area contributed by atoms with Gasteiger partial charge in [-0.3, -0.25) is 10.1 Å². The summed E-state index contributed by atoms with van der Waals surface area (Å²) in [5, 5.41) is 10.7. The molecule has 6 nitrogen and oxygen atoms in total. The van der Waals surface area contributed by atoms with Crippen LogP contribution in [-0.4, -0.2) is 30.2 Å². The number of nitro groups is 1. The van der Waals surface area contributed by atoms with Crippen molar-refractivity contribution in [3.63, 3.8) is 0 Å². The lowest BCUT2D eigenvalue weighted by atomic mass is 10.1. The topological polar surface area (TPSA) is 80.5 Å². The van der Waals surface area contributed by atoms with Gasteiger partial charge >= 0.3 is 5.69 Å². The summed E-state index contributed by atoms with van der Waals surface area (Å²) in [7, 11) is -3.82. The van der Waals surface area contributed by atoms with Gasteiger partial charge in [0.15, 0.2) is 0 Å². The Labute approximate surface area is 116 Å². The third kappa shape index (κ3) is 2.66. The highest BCUT2D eigenvalue weighted by Gasteiger charge is 2.32. The van der Waals surface area contributed by atoms with Gasteiger partial charge in [-0.2, -0.15) is 8.70 Å². The number of halogens is 1. The van der Waals surface area contributed by atoms with E-state index < -0.39 is 26.5 Å². The van der Waals surface area contributed by atoms with Crippen LogP contribution in [0.5, 0.6) is 0 Å². The zero-order valence-corrected chi connectivity index (χ0v) is 11.8. The van der Waals surface area contributed by atoms with Crippen LogP contribution in [0.15, 0.2) is 23.1 Å². The van der Waals surface area contributed by atoms with Crippen LogP contribution in [0.2, 0.25) is 0 Å². The van der Waals surface area contributed by atoms with Crippen molar-refractivity contribution in [2.45, 2.75) is 37.1 Å². The average molecular weight is 302 g/mol. The molecule has 1 fully saturated rings. The second kappa shape index (κ2) is 5.45. The van der Waals surface area contributed by atoms with Gasteiger partial charge in [-0.15, -0.1) is 0 Å². The molecule has 0 unspecified atom stereocenters. The summed E-state index contributed by atoms with van der Waals surface area (Å²) in [4.78, 5) is 9.54. The van der Waals surface area contributed by atoms with Gasteiger partial charge in [0.05, 0.1) is 9.82 Å². The molecule has 0 radical (unpaired) electrons. The summed E-state index contributed by atoms with van der Waals surface area (Å²) in [6, 6.07) is 2.52. The lowest BCUT2D eigenvalue weighted by molar-refractivity contribution is -0.387. The Morgan fingerprint density at radius 3 is 2.70 bits per heavy atom. The van der Waals surface area contributed by atoms with Crippen LogP contribution in [-0.2, 0) is 10.0 Å². The summed E-state index contributed by atoms with van der Waals surface area (Å²) in [5.74, 6) is -1.04. The molecule has 1 atom stereocenters. The monoisotopic (exact) mass is 302 g/mol. The molecular formula is C12H15FN2O4S. The Kier molecular flexibility index (Phi) is 4.05. The van der Waals surface area contributed by atoms with Crippen molar-refractivity contribution in [2.24, 2.45) is 0 Å². The largest absolute Gasteiger partial charge is 0.306 e. The maximum Gasteiger partial charge on any atom is 0.306 e. The second-order valence-electron chi connectivity index (χ2n) is 4.83. The van der Waals surface area contributed by atoms with Crippen molar-refractivity contribution < 1.29 is 17.7 Å². The predicted molar refractivity (Wildman–Crippen MR) is 70.3 cm³/mol. The highest BCUT2D eigenvalue weighted by Crippen LogP contribution is 2.28. The summed E-state index contributed by atoms with van der Waals surface area (Å²) in [6.07, 6.45) is 2.46. The third-order valence-electron chi connectivity index (χ3n) is 3.46. The number of piperidine rings is 1. The first kappa shape index (κ1) is 14.9. The fraction of sp³-hybridized carbons (Fsp3) is 0.500. The Morgan fingerprint density at radius 1 is 1.40 bits per heavy atom. The lowest BCUT2D eigenvalue weighted by Gasteiger charge is -2.32. The molecule has 0 aromatic heterocycles. The van der Waals surface area contributed by atoms with Crippen LogP contribution >= 0.6 is 0 Å². The Balaban J connectivity index is 2.44. The second-order valence-corrected chi connectivity index (χ2v) is 6.72. The summed E-state index contributed by atoms with van der Waals surface area (Å²) >= 11 is 0. The highest BCUT2D eigenvalue weighted by molar-refractivity contribution is 7.89. The van der Waals surface area contributed by atoms with Crippen molar-refractivity contribution in [3.05, 3.63) is 34.1 Å². The summed E-state index contributed by atoms with van der Waals surface area (Å²) in [5.41, 5.74) is -0.823. The Morgan fingerprint density at radius 2 is 2.10 bits per heavy atom. The number of nitrogens with zero attached hydrogens (tertiary/aromatic N) is 2. The van der Waals surface area contributed by atoms with Crippen LogP contribution in [0.25, 0.3) is 0 Å². The molecule has 0 saturated carbocycles. The van der Waals surface area contributed by atoms with E-state index in [2.05, 4.69) is 0 Å². The van der Waals surface area contributed by atoms with Gasteiger partial charge in [0.1, 0.15) is 0 Å². The fourth-order valence-corrected chi connectivity index (χ4v) is 4.08. The van der Waals surface area contributed by atoms with Crippen LogP contribution in [0.3, 0.4) is 0 Å². The minimum absolute atomic E-state index is 0.155. The van der Waals surface area contributed by atoms with Crippen molar-refractivity contribution in [2.75, 3.05) is 6.54 Å². The molecule has 110 valence electrons. The normalized spacial score (nSPS) is 20.8. The van der Waals surface area contributed by atoms with Crippen molar-refractivity contribution in [1.82, 2.24) is 4.31 Å². The van der Waals surface area contributed by atoms with Gasteiger partial charge in [-0.25, -0.2) is 8.42 Å². The zero-order chi connectivity index (χ0) is 14.9. The number of hydrogen-bond donors (Lipinski definition) is 0. The van der Waals surface area contributed by atoms with Gasteiger partial charge in [0.2, 0.25) is 15.8 Å². The Hall–Kier alpha value is -1.54. The van der Waals surface area contributed by atoms with E-state index in [1.54, 1.807) is 6.92 Å². The molecule has 0 spiro atoms. The molecule has 0 N–H and O–H groups in total. The van der Waals surface area contributed by atoms with Gasteiger partial charge < -0.3 is 0 Å². The smallest absolute Gasteiger partial charge is 0.258 e. The molecule has 1 heterocycles. The fourth-order valence-electron chi connectivity index (χ4n) is 2.36. The minimum Gasteiger partial charge on any atom is -0.258 e. The molecule has 8 heteroatoms. The van der Waals surface area contributed by atoms with E-state index in [0.717, 1.165) is 37.5 Å². The first-order chi connectivity index (χ1) is 9.34. The van der Waals surface area contributed by atoms with Crippen LogP contribution in [0.1, 0.15) is 26.2 Å². The van der Waals surface area contributed by atoms with Crippen LogP contribution in [0.4, 0.5) is 10.1 Å². The molecule has 1 saturated heterocycles. The van der Waals surface area contributed by atoms with Crippen molar-refractivity contribution in [3.8, 4) is 0 Å². The van der Waals surface area contributed by atoms with E-state index >= 15 is 0 Å². The predicted octanol–water partition coefficient (Wildman–Crippen LogP) is 2.30. The molecule has 0 aliphatic carbocycles. The quantitative estimate of drug-likeness (QED) is 0.634. The highest BCUT2D eigenvalue weighted by atomic mass is 32.2. The molecule has 0 bridgehead atoms. The molecule has 1 aliphatic rings. The number of nitro benzene ring substituents is 1. The molecule has 0 amide bonds.